The van der Waals surface area contributed by atoms with E-state index in [4.69, 9.17) is 43.7 Å². The predicted octanol–water partition coefficient (Wildman–Crippen LogP) is 14.2. The summed E-state index contributed by atoms with van der Waals surface area (Å²) in [5.74, 6) is 1.45. The first-order valence-corrected chi connectivity index (χ1v) is 38.2. The van der Waals surface area contributed by atoms with Crippen molar-refractivity contribution in [3.05, 3.63) is 35.5 Å². The molecule has 5 aliphatic rings. The van der Waals surface area contributed by atoms with Gasteiger partial charge >= 0.3 is 18.1 Å². The van der Waals surface area contributed by atoms with Crippen LogP contribution in [-0.4, -0.2) is 152 Å². The number of halogens is 2. The van der Waals surface area contributed by atoms with E-state index in [1.807, 2.05) is 48.8 Å². The van der Waals surface area contributed by atoms with Gasteiger partial charge < -0.3 is 33.5 Å². The number of benzene rings is 1. The van der Waals surface area contributed by atoms with E-state index < -0.39 is 33.1 Å². The monoisotopic (exact) mass is 1220 g/mol. The van der Waals surface area contributed by atoms with Crippen LogP contribution in [0.3, 0.4) is 0 Å². The maximum Gasteiger partial charge on any atom is 0.410 e. The van der Waals surface area contributed by atoms with E-state index >= 15 is 8.78 Å². The Morgan fingerprint density at radius 3 is 2.27 bits per heavy atom. The quantitative estimate of drug-likeness (QED) is 0.0370. The molecule has 1 saturated carbocycles. The number of amides is 1. The van der Waals surface area contributed by atoms with Crippen molar-refractivity contribution in [1.29, 1.82) is 0 Å². The lowest BCUT2D eigenvalue weighted by molar-refractivity contribution is -0.151. The molecule has 9 heterocycles. The molecule has 4 saturated heterocycles. The maximum atomic E-state index is 16.0. The number of esters is 1. The van der Waals surface area contributed by atoms with E-state index in [0.29, 0.717) is 79.8 Å². The highest BCUT2D eigenvalue weighted by Gasteiger charge is 2.72. The molecule has 11 rings (SSSR count). The number of hydrogen-bond acceptors (Lipinski definition) is 15. The summed E-state index contributed by atoms with van der Waals surface area (Å²) in [5, 5.41) is 10.9. The molecule has 1 amide bonds. The standard InChI is InChI=1S/C63H86F2N8O7S2Si2/c1-39(2)84(40(3)4,41(5)6)26-18-43-34-81-49-29-48-47(30-67-72(48)38-77-25-27-83(11,12)13)52(51(43)49)54-55-46(17-22-66-54)53-56(71-31-44-14-15-45(32-71)73(44)59(75)80-60(7,8)9)68-58(69-57(53)82-55)78-37-61(35-63(61,64)65)36-70-23-20-62(21-24-70)19-16-42(33-79-62)28-50(74)76-10/h17,22,29-30,34,39-42,44-45H,14-16,19-21,23-25,27-28,31-33,35-38H2,1-13H3/t42-,44?,45?,61+/m0/s1. The molecule has 2 unspecified atom stereocenters. The highest BCUT2D eigenvalue weighted by atomic mass is 32.1. The van der Waals surface area contributed by atoms with E-state index in [1.165, 1.54) is 18.4 Å². The summed E-state index contributed by atoms with van der Waals surface area (Å²) in [4.78, 5) is 48.4. The van der Waals surface area contributed by atoms with Crippen molar-refractivity contribution < 1.29 is 42.1 Å². The number of nitrogens with zero attached hydrogens (tertiary/aromatic N) is 8. The van der Waals surface area contributed by atoms with Gasteiger partial charge in [0.15, 0.2) is 0 Å². The zero-order valence-corrected chi connectivity index (χ0v) is 55.2. The number of anilines is 1. The molecule has 1 aromatic carbocycles. The fourth-order valence-electron chi connectivity index (χ4n) is 14.3. The van der Waals surface area contributed by atoms with Crippen LogP contribution in [0.1, 0.15) is 119 Å². The van der Waals surface area contributed by atoms with Gasteiger partial charge in [-0.2, -0.15) is 15.1 Å². The van der Waals surface area contributed by atoms with Crippen LogP contribution in [0.4, 0.5) is 19.4 Å². The van der Waals surface area contributed by atoms with Gasteiger partial charge in [0, 0.05) is 97.4 Å². The first-order chi connectivity index (χ1) is 39.7. The van der Waals surface area contributed by atoms with Crippen LogP contribution in [0.25, 0.3) is 52.5 Å². The minimum Gasteiger partial charge on any atom is -0.469 e. The van der Waals surface area contributed by atoms with Gasteiger partial charge in [-0.15, -0.1) is 28.2 Å². The molecule has 4 atom stereocenters. The number of alkyl halides is 2. The van der Waals surface area contributed by atoms with Gasteiger partial charge in [0.25, 0.3) is 5.92 Å². The van der Waals surface area contributed by atoms with Crippen LogP contribution in [0.5, 0.6) is 6.01 Å². The molecule has 5 fully saturated rings. The first kappa shape index (κ1) is 60.8. The smallest absolute Gasteiger partial charge is 0.410 e. The number of likely N-dealkylation sites (tertiary alicyclic amines) is 1. The molecule has 454 valence electrons. The number of thiophene rings is 2. The van der Waals surface area contributed by atoms with E-state index in [2.05, 4.69) is 93.9 Å². The highest BCUT2D eigenvalue weighted by Crippen LogP contribution is 2.61. The third kappa shape index (κ3) is 11.8. The SMILES string of the molecule is COC(=O)C[C@@H]1CCC2(CCN(C[C@@]3(COc4nc(N5CC6CCC(C5)N6C(=O)OC(C)(C)C)c5c(n4)sc4c(-c6c7cnn(COCC[Si](C)(C)C)c7cc7scc(C#C[Si](C(C)C)(C(C)C)C(C)C)c67)nccc45)CC3(F)F)CC2)OC1. The van der Waals surface area contributed by atoms with Crippen molar-refractivity contribution in [3.8, 4) is 28.7 Å². The number of fused-ring (bicyclic) bond motifs is 7. The summed E-state index contributed by atoms with van der Waals surface area (Å²) < 4.78 is 66.1. The fourth-order valence-corrected chi connectivity index (χ4v) is 22.4. The van der Waals surface area contributed by atoms with Crippen molar-refractivity contribution in [2.75, 3.05) is 64.6 Å². The number of aromatic nitrogens is 5. The summed E-state index contributed by atoms with van der Waals surface area (Å²) in [5.41, 5.74) is 6.65. The van der Waals surface area contributed by atoms with Crippen LogP contribution >= 0.6 is 22.7 Å². The Kier molecular flexibility index (Phi) is 16.7. The van der Waals surface area contributed by atoms with Crippen LogP contribution in [-0.2, 0) is 30.5 Å². The average molecular weight is 1230 g/mol. The number of carbonyl (C=O) groups excluding carboxylic acids is 2. The van der Waals surface area contributed by atoms with Gasteiger partial charge in [0.1, 0.15) is 37.7 Å². The molecule has 15 nitrogen and oxygen atoms in total. The number of methoxy groups -OCH3 is 1. The lowest BCUT2D eigenvalue weighted by Gasteiger charge is -2.46. The number of piperidine rings is 1. The van der Waals surface area contributed by atoms with Crippen LogP contribution in [0.2, 0.25) is 42.3 Å². The van der Waals surface area contributed by atoms with E-state index in [1.54, 1.807) is 11.3 Å². The van der Waals surface area contributed by atoms with Crippen molar-refractivity contribution >= 4 is 98.0 Å². The van der Waals surface area contributed by atoms with Gasteiger partial charge in [-0.3, -0.25) is 14.7 Å². The minimum absolute atomic E-state index is 0.0423. The zero-order chi connectivity index (χ0) is 59.9. The highest BCUT2D eigenvalue weighted by molar-refractivity contribution is 7.26. The third-order valence-electron chi connectivity index (χ3n) is 19.1. The minimum atomic E-state index is -2.93. The molecule has 84 heavy (non-hydrogen) atoms. The molecular formula is C63H86F2N8O7S2Si2. The number of rotatable bonds is 17. The number of ether oxygens (including phenoxy) is 5. The molecule has 4 aliphatic heterocycles. The second-order valence-electron chi connectivity index (χ2n) is 28.1. The lowest BCUT2D eigenvalue weighted by atomic mass is 9.81. The lowest BCUT2D eigenvalue weighted by Crippen LogP contribution is -2.57. The normalized spacial score (nSPS) is 22.8. The van der Waals surface area contributed by atoms with Gasteiger partial charge in [0.05, 0.1) is 70.7 Å². The van der Waals surface area contributed by atoms with Crippen molar-refractivity contribution in [2.24, 2.45) is 11.3 Å². The second-order valence-corrected chi connectivity index (χ2v) is 41.2. The predicted molar refractivity (Wildman–Crippen MR) is 337 cm³/mol. The Labute approximate surface area is 503 Å². The van der Waals surface area contributed by atoms with E-state index in [0.717, 1.165) is 97.9 Å². The Hall–Kier alpha value is -4.83. The summed E-state index contributed by atoms with van der Waals surface area (Å²) >= 11 is 3.19. The van der Waals surface area contributed by atoms with Crippen molar-refractivity contribution in [2.45, 2.75) is 192 Å². The maximum absolute atomic E-state index is 16.0. The Morgan fingerprint density at radius 1 is 0.952 bits per heavy atom. The van der Waals surface area contributed by atoms with Crippen molar-refractivity contribution in [1.82, 2.24) is 34.5 Å². The zero-order valence-electron chi connectivity index (χ0n) is 51.6. The molecule has 1 spiro atoms. The van der Waals surface area contributed by atoms with E-state index in [-0.39, 0.29) is 61.2 Å². The Morgan fingerprint density at radius 2 is 1.65 bits per heavy atom. The average Bonchev–Trinajstić information content (AvgIpc) is 1.78. The molecule has 5 aromatic heterocycles. The Balaban J connectivity index is 0.985. The van der Waals surface area contributed by atoms with Crippen LogP contribution in [0, 0.1) is 22.8 Å². The molecule has 21 heteroatoms. The second kappa shape index (κ2) is 23.0. The molecule has 6 aromatic rings. The first-order valence-electron chi connectivity index (χ1n) is 30.5. The molecular weight excluding hydrogens is 1140 g/mol. The van der Waals surface area contributed by atoms with Crippen molar-refractivity contribution in [3.63, 3.8) is 0 Å². The number of pyridine rings is 1. The topological polar surface area (TPSA) is 146 Å². The fraction of sp³-hybridized carbons (Fsp3) is 0.651. The summed E-state index contributed by atoms with van der Waals surface area (Å²) in [6, 6.07) is 5.10. The molecule has 2 bridgehead atoms. The largest absolute Gasteiger partial charge is 0.469 e. The van der Waals surface area contributed by atoms with Gasteiger partial charge in [-0.05, 0) is 100 Å². The molecule has 0 N–H and O–H groups in total. The van der Waals surface area contributed by atoms with Crippen LogP contribution in [0.15, 0.2) is 29.9 Å². The number of piperazine rings is 1. The number of carbonyl (C=O) groups is 2. The van der Waals surface area contributed by atoms with Gasteiger partial charge in [-0.25, -0.2) is 18.3 Å². The molecule has 0 radical (unpaired) electrons. The van der Waals surface area contributed by atoms with Gasteiger partial charge in [0.2, 0.25) is 0 Å². The summed E-state index contributed by atoms with van der Waals surface area (Å²) in [6.07, 6.45) is 8.36. The summed E-state index contributed by atoms with van der Waals surface area (Å²) in [7, 11) is -2.07. The summed E-state index contributed by atoms with van der Waals surface area (Å²) in [6.45, 7) is 30.4. The van der Waals surface area contributed by atoms with Gasteiger partial charge in [-0.1, -0.05) is 67.1 Å². The number of hydrogen-bond donors (Lipinski definition) is 0. The Bertz CT molecular complexity index is 3470. The van der Waals surface area contributed by atoms with Crippen LogP contribution < -0.4 is 9.64 Å². The third-order valence-corrected chi connectivity index (χ3v) is 29.1. The van der Waals surface area contributed by atoms with E-state index in [9.17, 15) is 9.59 Å². The molecule has 1 aliphatic carbocycles.